The number of nitrogens with one attached hydrogen (secondary N) is 1. The molecule has 104 valence electrons. The molecule has 3 nitrogen and oxygen atoms in total. The molecule has 1 N–H and O–H groups in total. The summed E-state index contributed by atoms with van der Waals surface area (Å²) < 4.78 is 5.11. The molecular weight excluding hydrogens is 250 g/mol. The van der Waals surface area contributed by atoms with E-state index < -0.39 is 0 Å². The average molecular weight is 269 g/mol. The molecule has 0 spiro atoms. The lowest BCUT2D eigenvalue weighted by molar-refractivity contribution is 0.0912. The van der Waals surface area contributed by atoms with Crippen molar-refractivity contribution in [3.05, 3.63) is 59.0 Å². The summed E-state index contributed by atoms with van der Waals surface area (Å²) >= 11 is 0. The fraction of sp³-hybridized carbons (Fsp3) is 0.353. The molecule has 0 radical (unpaired) electrons. The SMILES string of the molecule is C[C@@H](NC(=O)c1ccco1)c1ccc2c(c1)CCCC2. The standard InChI is InChI=1S/C17H19NO2/c1-12(18-17(19)16-7-4-10-20-16)14-9-8-13-5-2-3-6-15(13)11-14/h4,7-12H,2-3,5-6H2,1H3,(H,18,19)/t12-/m1/s1. The third kappa shape index (κ3) is 2.62. The van der Waals surface area contributed by atoms with Crippen molar-refractivity contribution in [2.75, 3.05) is 0 Å². The summed E-state index contributed by atoms with van der Waals surface area (Å²) in [6, 6.07) is 9.95. The Hall–Kier alpha value is -2.03. The Morgan fingerprint density at radius 3 is 2.75 bits per heavy atom. The van der Waals surface area contributed by atoms with Gasteiger partial charge in [-0.05, 0) is 61.4 Å². The van der Waals surface area contributed by atoms with E-state index in [-0.39, 0.29) is 11.9 Å². The highest BCUT2D eigenvalue weighted by Crippen LogP contribution is 2.24. The second kappa shape index (κ2) is 5.53. The van der Waals surface area contributed by atoms with Crippen molar-refractivity contribution in [3.63, 3.8) is 0 Å². The van der Waals surface area contributed by atoms with Crippen LogP contribution in [0.25, 0.3) is 0 Å². The average Bonchev–Trinajstić information content (AvgIpc) is 3.01. The van der Waals surface area contributed by atoms with Gasteiger partial charge in [0.25, 0.3) is 5.91 Å². The van der Waals surface area contributed by atoms with E-state index in [1.54, 1.807) is 12.1 Å². The van der Waals surface area contributed by atoms with Crippen LogP contribution in [0.2, 0.25) is 0 Å². The van der Waals surface area contributed by atoms with Crippen LogP contribution < -0.4 is 5.32 Å². The fourth-order valence-corrected chi connectivity index (χ4v) is 2.78. The number of fused-ring (bicyclic) bond motifs is 1. The number of rotatable bonds is 3. The molecule has 3 heteroatoms. The molecule has 1 amide bonds. The molecule has 1 atom stereocenters. The molecule has 2 aromatic rings. The molecule has 0 fully saturated rings. The smallest absolute Gasteiger partial charge is 0.287 e. The Morgan fingerprint density at radius 2 is 2.00 bits per heavy atom. The van der Waals surface area contributed by atoms with Crippen molar-refractivity contribution < 1.29 is 9.21 Å². The first kappa shape index (κ1) is 13.0. The summed E-state index contributed by atoms with van der Waals surface area (Å²) in [4.78, 5) is 12.0. The van der Waals surface area contributed by atoms with E-state index in [0.29, 0.717) is 5.76 Å². The summed E-state index contributed by atoms with van der Waals surface area (Å²) in [5, 5.41) is 2.97. The number of furan rings is 1. The van der Waals surface area contributed by atoms with Gasteiger partial charge in [-0.3, -0.25) is 4.79 Å². The van der Waals surface area contributed by atoms with Gasteiger partial charge in [0.1, 0.15) is 0 Å². The van der Waals surface area contributed by atoms with Crippen LogP contribution in [0.5, 0.6) is 0 Å². The summed E-state index contributed by atoms with van der Waals surface area (Å²) in [6.45, 7) is 2.01. The van der Waals surface area contributed by atoms with Gasteiger partial charge in [-0.15, -0.1) is 0 Å². The van der Waals surface area contributed by atoms with Gasteiger partial charge in [-0.25, -0.2) is 0 Å². The Labute approximate surface area is 119 Å². The van der Waals surface area contributed by atoms with Crippen molar-refractivity contribution in [3.8, 4) is 0 Å². The largest absolute Gasteiger partial charge is 0.459 e. The number of amides is 1. The molecule has 20 heavy (non-hydrogen) atoms. The fourth-order valence-electron chi connectivity index (χ4n) is 2.78. The second-order valence-electron chi connectivity index (χ2n) is 5.41. The maximum Gasteiger partial charge on any atom is 0.287 e. The van der Waals surface area contributed by atoms with Gasteiger partial charge in [0.15, 0.2) is 5.76 Å². The minimum absolute atomic E-state index is 0.0140. The molecule has 0 bridgehead atoms. The minimum Gasteiger partial charge on any atom is -0.459 e. The van der Waals surface area contributed by atoms with E-state index in [4.69, 9.17) is 4.42 Å². The molecule has 0 aliphatic heterocycles. The maximum atomic E-state index is 12.0. The molecule has 1 heterocycles. The molecule has 1 aliphatic carbocycles. The van der Waals surface area contributed by atoms with Crippen LogP contribution in [0.15, 0.2) is 41.0 Å². The van der Waals surface area contributed by atoms with Gasteiger partial charge in [0.05, 0.1) is 12.3 Å². The third-order valence-corrected chi connectivity index (χ3v) is 3.97. The lowest BCUT2D eigenvalue weighted by atomic mass is 9.89. The zero-order valence-corrected chi connectivity index (χ0v) is 11.7. The van der Waals surface area contributed by atoms with E-state index in [9.17, 15) is 4.79 Å². The maximum absolute atomic E-state index is 12.0. The van der Waals surface area contributed by atoms with Crippen molar-refractivity contribution >= 4 is 5.91 Å². The Bertz CT molecular complexity index is 601. The highest BCUT2D eigenvalue weighted by molar-refractivity contribution is 5.91. The van der Waals surface area contributed by atoms with Crippen LogP contribution in [-0.4, -0.2) is 5.91 Å². The second-order valence-corrected chi connectivity index (χ2v) is 5.41. The Morgan fingerprint density at radius 1 is 1.20 bits per heavy atom. The van der Waals surface area contributed by atoms with Crippen LogP contribution in [0.1, 0.15) is 53.1 Å². The van der Waals surface area contributed by atoms with E-state index >= 15 is 0 Å². The zero-order chi connectivity index (χ0) is 13.9. The first-order chi connectivity index (χ1) is 9.74. The molecule has 3 rings (SSSR count). The van der Waals surface area contributed by atoms with Crippen molar-refractivity contribution in [1.82, 2.24) is 5.32 Å². The van der Waals surface area contributed by atoms with Crippen LogP contribution in [0.3, 0.4) is 0 Å². The van der Waals surface area contributed by atoms with Gasteiger partial charge in [-0.1, -0.05) is 18.2 Å². The predicted octanol–water partition coefficient (Wildman–Crippen LogP) is 3.65. The number of hydrogen-bond donors (Lipinski definition) is 1. The summed E-state index contributed by atoms with van der Waals surface area (Å²) in [5.41, 5.74) is 4.06. The van der Waals surface area contributed by atoms with Crippen LogP contribution in [0, 0.1) is 0 Å². The van der Waals surface area contributed by atoms with Crippen LogP contribution in [-0.2, 0) is 12.8 Å². The monoisotopic (exact) mass is 269 g/mol. The summed E-state index contributed by atoms with van der Waals surface area (Å²) in [6.07, 6.45) is 6.41. The predicted molar refractivity (Wildman–Crippen MR) is 77.7 cm³/mol. The first-order valence-electron chi connectivity index (χ1n) is 7.20. The van der Waals surface area contributed by atoms with E-state index in [1.165, 1.54) is 36.7 Å². The van der Waals surface area contributed by atoms with Crippen molar-refractivity contribution in [2.24, 2.45) is 0 Å². The first-order valence-corrected chi connectivity index (χ1v) is 7.20. The van der Waals surface area contributed by atoms with Crippen LogP contribution in [0.4, 0.5) is 0 Å². The topological polar surface area (TPSA) is 42.2 Å². The number of benzene rings is 1. The van der Waals surface area contributed by atoms with E-state index in [1.807, 2.05) is 6.92 Å². The lowest BCUT2D eigenvalue weighted by Crippen LogP contribution is -2.26. The molecule has 0 saturated heterocycles. The van der Waals surface area contributed by atoms with Crippen molar-refractivity contribution in [2.45, 2.75) is 38.6 Å². The van der Waals surface area contributed by atoms with Gasteiger partial charge < -0.3 is 9.73 Å². The molecule has 1 aliphatic rings. The lowest BCUT2D eigenvalue weighted by Gasteiger charge is -2.19. The number of aryl methyl sites for hydroxylation is 2. The van der Waals surface area contributed by atoms with E-state index in [0.717, 1.165) is 12.0 Å². The molecular formula is C17H19NO2. The highest BCUT2D eigenvalue weighted by atomic mass is 16.3. The normalized spacial score (nSPS) is 15.4. The van der Waals surface area contributed by atoms with Gasteiger partial charge in [-0.2, -0.15) is 0 Å². The van der Waals surface area contributed by atoms with Crippen molar-refractivity contribution in [1.29, 1.82) is 0 Å². The highest BCUT2D eigenvalue weighted by Gasteiger charge is 2.15. The summed E-state index contributed by atoms with van der Waals surface area (Å²) in [7, 11) is 0. The minimum atomic E-state index is -0.166. The van der Waals surface area contributed by atoms with Gasteiger partial charge >= 0.3 is 0 Å². The summed E-state index contributed by atoms with van der Waals surface area (Å²) in [5.74, 6) is 0.190. The molecule has 0 saturated carbocycles. The van der Waals surface area contributed by atoms with Gasteiger partial charge in [0, 0.05) is 0 Å². The zero-order valence-electron chi connectivity index (χ0n) is 11.7. The Kier molecular flexibility index (Phi) is 3.59. The van der Waals surface area contributed by atoms with E-state index in [2.05, 4.69) is 23.5 Å². The molecule has 1 aromatic heterocycles. The Balaban J connectivity index is 1.74. The van der Waals surface area contributed by atoms with Crippen LogP contribution >= 0.6 is 0 Å². The number of hydrogen-bond acceptors (Lipinski definition) is 2. The number of carbonyl (C=O) groups excluding carboxylic acids is 1. The molecule has 0 unspecified atom stereocenters. The third-order valence-electron chi connectivity index (χ3n) is 3.97. The quantitative estimate of drug-likeness (QED) is 0.924. The number of carbonyl (C=O) groups is 1. The molecule has 1 aromatic carbocycles. The van der Waals surface area contributed by atoms with Gasteiger partial charge in [0.2, 0.25) is 0 Å².